The van der Waals surface area contributed by atoms with Crippen molar-refractivity contribution in [1.82, 2.24) is 0 Å². The van der Waals surface area contributed by atoms with E-state index in [0.29, 0.717) is 50.5 Å². The maximum absolute atomic E-state index is 12.5. The van der Waals surface area contributed by atoms with Crippen molar-refractivity contribution >= 4 is 23.9 Å². The minimum atomic E-state index is -0.387. The molecule has 0 bridgehead atoms. The molecule has 0 radical (unpaired) electrons. The standard InChI is InChI=1S/C40H64O10/c1-3-37(41)45-25-9-5-7-11-27-47-39(43)33-17-13-31(14-18-33)29-49-35-21-23-36(24-22-35)50-30-32-15-19-34(20-16-32)40(44)48-28-12-8-6-10-26-46-38(42)4-2/h3-4,31-36H,1-2,5-30H2. The highest BCUT2D eigenvalue weighted by atomic mass is 16.5. The van der Waals surface area contributed by atoms with Crippen LogP contribution in [0.15, 0.2) is 25.3 Å². The molecular weight excluding hydrogens is 640 g/mol. The van der Waals surface area contributed by atoms with E-state index in [-0.39, 0.29) is 35.7 Å². The Balaban J connectivity index is 1.12. The largest absolute Gasteiger partial charge is 0.465 e. The molecule has 0 amide bonds. The summed E-state index contributed by atoms with van der Waals surface area (Å²) in [4.78, 5) is 47.1. The summed E-state index contributed by atoms with van der Waals surface area (Å²) >= 11 is 0. The summed E-state index contributed by atoms with van der Waals surface area (Å²) < 4.78 is 33.7. The van der Waals surface area contributed by atoms with E-state index in [1.165, 1.54) is 12.2 Å². The van der Waals surface area contributed by atoms with E-state index in [4.69, 9.17) is 28.4 Å². The SMILES string of the molecule is C=CC(=O)OCCCCCCOC(=O)C1CCC(COC2CCC(OCC3CCC(C(=O)OCCCCCCOC(=O)C=C)CC3)CC2)CC1. The highest BCUT2D eigenvalue weighted by Gasteiger charge is 2.31. The summed E-state index contributed by atoms with van der Waals surface area (Å²) in [5, 5.41) is 0. The molecule has 3 fully saturated rings. The Labute approximate surface area is 300 Å². The lowest BCUT2D eigenvalue weighted by atomic mass is 9.82. The van der Waals surface area contributed by atoms with Crippen LogP contribution in [0.5, 0.6) is 0 Å². The Morgan fingerprint density at radius 1 is 0.440 bits per heavy atom. The molecule has 0 heterocycles. The smallest absolute Gasteiger partial charge is 0.330 e. The number of unbranched alkanes of at least 4 members (excludes halogenated alkanes) is 6. The van der Waals surface area contributed by atoms with Crippen LogP contribution in [0.1, 0.15) is 128 Å². The molecule has 3 saturated carbocycles. The van der Waals surface area contributed by atoms with Crippen molar-refractivity contribution in [2.24, 2.45) is 23.7 Å². The molecule has 3 rings (SSSR count). The number of hydrogen-bond donors (Lipinski definition) is 0. The van der Waals surface area contributed by atoms with E-state index in [1.807, 2.05) is 0 Å². The number of carbonyl (C=O) groups is 4. The predicted octanol–water partition coefficient (Wildman–Crippen LogP) is 7.61. The van der Waals surface area contributed by atoms with E-state index in [9.17, 15) is 19.2 Å². The minimum Gasteiger partial charge on any atom is -0.465 e. The van der Waals surface area contributed by atoms with E-state index in [2.05, 4.69) is 13.2 Å². The van der Waals surface area contributed by atoms with Crippen molar-refractivity contribution in [2.45, 2.75) is 141 Å². The molecule has 0 unspecified atom stereocenters. The molecule has 0 saturated heterocycles. The van der Waals surface area contributed by atoms with Crippen molar-refractivity contribution in [1.29, 1.82) is 0 Å². The Bertz CT molecular complexity index is 924. The monoisotopic (exact) mass is 704 g/mol. The van der Waals surface area contributed by atoms with Gasteiger partial charge in [0.15, 0.2) is 0 Å². The molecule has 0 aromatic carbocycles. The molecule has 0 spiro atoms. The third kappa shape index (κ3) is 17.5. The van der Waals surface area contributed by atoms with Crippen molar-refractivity contribution in [2.75, 3.05) is 39.6 Å². The van der Waals surface area contributed by atoms with Gasteiger partial charge in [0.1, 0.15) is 0 Å². The number of rotatable bonds is 24. The Morgan fingerprint density at radius 2 is 0.760 bits per heavy atom. The Kier molecular flexibility index (Phi) is 21.1. The quantitative estimate of drug-likeness (QED) is 0.0429. The molecule has 3 aliphatic carbocycles. The van der Waals surface area contributed by atoms with Crippen LogP contribution in [0.2, 0.25) is 0 Å². The fourth-order valence-corrected chi connectivity index (χ4v) is 7.20. The molecular formula is C40H64O10. The van der Waals surface area contributed by atoms with Crippen LogP contribution in [-0.4, -0.2) is 75.7 Å². The van der Waals surface area contributed by atoms with Gasteiger partial charge in [0.05, 0.1) is 50.5 Å². The molecule has 50 heavy (non-hydrogen) atoms. The third-order valence-corrected chi connectivity index (χ3v) is 10.5. The van der Waals surface area contributed by atoms with Gasteiger partial charge in [-0.25, -0.2) is 9.59 Å². The molecule has 0 atom stereocenters. The zero-order valence-corrected chi connectivity index (χ0v) is 30.5. The van der Waals surface area contributed by atoms with Gasteiger partial charge in [-0.1, -0.05) is 13.2 Å². The van der Waals surface area contributed by atoms with Gasteiger partial charge >= 0.3 is 23.9 Å². The van der Waals surface area contributed by atoms with E-state index < -0.39 is 0 Å². The average molecular weight is 705 g/mol. The van der Waals surface area contributed by atoms with Crippen molar-refractivity contribution < 1.29 is 47.6 Å². The predicted molar refractivity (Wildman–Crippen MR) is 190 cm³/mol. The molecule has 0 aromatic heterocycles. The highest BCUT2D eigenvalue weighted by Crippen LogP contribution is 2.33. The van der Waals surface area contributed by atoms with Gasteiger partial charge in [-0.3, -0.25) is 9.59 Å². The van der Waals surface area contributed by atoms with Gasteiger partial charge < -0.3 is 28.4 Å². The zero-order valence-electron chi connectivity index (χ0n) is 30.5. The summed E-state index contributed by atoms with van der Waals surface area (Å²) in [6.07, 6.45) is 21.7. The minimum absolute atomic E-state index is 0.0105. The van der Waals surface area contributed by atoms with E-state index in [1.54, 1.807) is 0 Å². The normalized spacial score (nSPS) is 25.2. The number of esters is 4. The topological polar surface area (TPSA) is 124 Å². The molecule has 0 aliphatic heterocycles. The number of hydrogen-bond acceptors (Lipinski definition) is 10. The molecule has 0 N–H and O–H groups in total. The molecule has 0 aromatic rings. The molecule has 10 heteroatoms. The van der Waals surface area contributed by atoms with Gasteiger partial charge in [-0.15, -0.1) is 0 Å². The van der Waals surface area contributed by atoms with Crippen LogP contribution in [0, 0.1) is 23.7 Å². The van der Waals surface area contributed by atoms with E-state index in [0.717, 1.165) is 142 Å². The van der Waals surface area contributed by atoms with Crippen LogP contribution in [0.25, 0.3) is 0 Å². The van der Waals surface area contributed by atoms with Gasteiger partial charge in [0, 0.05) is 25.4 Å². The first-order valence-corrected chi connectivity index (χ1v) is 19.5. The highest BCUT2D eigenvalue weighted by molar-refractivity contribution is 5.81. The third-order valence-electron chi connectivity index (χ3n) is 10.5. The van der Waals surface area contributed by atoms with Gasteiger partial charge in [0.2, 0.25) is 0 Å². The maximum Gasteiger partial charge on any atom is 0.330 e. The maximum atomic E-state index is 12.5. The summed E-state index contributed by atoms with van der Waals surface area (Å²) in [5.41, 5.74) is 0. The lowest BCUT2D eigenvalue weighted by Gasteiger charge is -2.33. The van der Waals surface area contributed by atoms with Gasteiger partial charge in [-0.05, 0) is 140 Å². The van der Waals surface area contributed by atoms with Gasteiger partial charge in [-0.2, -0.15) is 0 Å². The summed E-state index contributed by atoms with van der Waals surface area (Å²) in [5.74, 6) is 0.168. The first kappa shape index (κ1) is 41.7. The van der Waals surface area contributed by atoms with Crippen molar-refractivity contribution in [3.63, 3.8) is 0 Å². The Morgan fingerprint density at radius 3 is 1.08 bits per heavy atom. The van der Waals surface area contributed by atoms with E-state index >= 15 is 0 Å². The fourth-order valence-electron chi connectivity index (χ4n) is 7.20. The van der Waals surface area contributed by atoms with Crippen molar-refractivity contribution in [3.05, 3.63) is 25.3 Å². The average Bonchev–Trinajstić information content (AvgIpc) is 3.15. The summed E-state index contributed by atoms with van der Waals surface area (Å²) in [7, 11) is 0. The molecule has 10 nitrogen and oxygen atoms in total. The van der Waals surface area contributed by atoms with Crippen LogP contribution >= 0.6 is 0 Å². The second-order valence-electron chi connectivity index (χ2n) is 14.4. The first-order chi connectivity index (χ1) is 24.4. The Hall–Kier alpha value is -2.72. The number of carbonyl (C=O) groups excluding carboxylic acids is 4. The van der Waals surface area contributed by atoms with Crippen molar-refractivity contribution in [3.8, 4) is 0 Å². The van der Waals surface area contributed by atoms with Gasteiger partial charge in [0.25, 0.3) is 0 Å². The number of ether oxygens (including phenoxy) is 6. The molecule has 284 valence electrons. The summed E-state index contributed by atoms with van der Waals surface area (Å²) in [6.45, 7) is 10.0. The zero-order chi connectivity index (χ0) is 35.8. The van der Waals surface area contributed by atoms with Crippen LogP contribution in [-0.2, 0) is 47.6 Å². The summed E-state index contributed by atoms with van der Waals surface area (Å²) in [6, 6.07) is 0. The lowest BCUT2D eigenvalue weighted by Crippen LogP contribution is -2.31. The second kappa shape index (κ2) is 25.3. The van der Waals surface area contributed by atoms with Crippen LogP contribution < -0.4 is 0 Å². The fraction of sp³-hybridized carbons (Fsp3) is 0.800. The van der Waals surface area contributed by atoms with Crippen LogP contribution in [0.4, 0.5) is 0 Å². The molecule has 3 aliphatic rings. The lowest BCUT2D eigenvalue weighted by molar-refractivity contribution is -0.151. The second-order valence-corrected chi connectivity index (χ2v) is 14.4. The van der Waals surface area contributed by atoms with Crippen LogP contribution in [0.3, 0.4) is 0 Å². The first-order valence-electron chi connectivity index (χ1n) is 19.5.